The third-order valence-electron chi connectivity index (χ3n) is 2.13. The van der Waals surface area contributed by atoms with Gasteiger partial charge in [-0.2, -0.15) is 0 Å². The predicted octanol–water partition coefficient (Wildman–Crippen LogP) is 1.31. The van der Waals surface area contributed by atoms with Gasteiger partial charge >= 0.3 is 0 Å². The Labute approximate surface area is 97.4 Å². The van der Waals surface area contributed by atoms with Crippen LogP contribution in [0, 0.1) is 5.82 Å². The van der Waals surface area contributed by atoms with Gasteiger partial charge in [0.2, 0.25) is 0 Å². The largest absolute Gasteiger partial charge is 0.371 e. The van der Waals surface area contributed by atoms with Gasteiger partial charge in [-0.3, -0.25) is 0 Å². The van der Waals surface area contributed by atoms with E-state index in [1.54, 1.807) is 24.1 Å². The normalized spacial score (nSPS) is 12.6. The summed E-state index contributed by atoms with van der Waals surface area (Å²) < 4.78 is 14.3. The van der Waals surface area contributed by atoms with E-state index < -0.39 is 0 Å². The molecule has 0 aliphatic heterocycles. The van der Waals surface area contributed by atoms with Gasteiger partial charge in [-0.25, -0.2) is 4.39 Å². The van der Waals surface area contributed by atoms with Crippen LogP contribution < -0.4 is 16.4 Å². The van der Waals surface area contributed by atoms with Crippen molar-refractivity contribution in [3.05, 3.63) is 28.5 Å². The van der Waals surface area contributed by atoms with Crippen LogP contribution in [0.1, 0.15) is 0 Å². The molecule has 3 nitrogen and oxygen atoms in total. The Morgan fingerprint density at radius 2 is 2.20 bits per heavy atom. The first kappa shape index (κ1) is 12.4. The molecule has 0 saturated heterocycles. The number of rotatable bonds is 4. The summed E-state index contributed by atoms with van der Waals surface area (Å²) in [6.45, 7) is 0.920. The molecule has 15 heavy (non-hydrogen) atoms. The fraction of sp³-hybridized carbons (Fsp3) is 0.400. The van der Waals surface area contributed by atoms with Gasteiger partial charge in [0.25, 0.3) is 0 Å². The van der Waals surface area contributed by atoms with Gasteiger partial charge in [-0.05, 0) is 18.2 Å². The molecule has 84 valence electrons. The average molecular weight is 276 g/mol. The highest BCUT2D eigenvalue weighted by molar-refractivity contribution is 9.10. The molecule has 0 amide bonds. The molecule has 0 heterocycles. The number of benzene rings is 1. The number of nitrogens with two attached hydrogens (primary N) is 2. The highest BCUT2D eigenvalue weighted by Gasteiger charge is 2.10. The average Bonchev–Trinajstić information content (AvgIpc) is 2.21. The predicted molar refractivity (Wildman–Crippen MR) is 64.4 cm³/mol. The molecule has 1 unspecified atom stereocenters. The fourth-order valence-electron chi connectivity index (χ4n) is 1.30. The molecule has 0 aliphatic rings. The Balaban J connectivity index is 2.80. The van der Waals surface area contributed by atoms with Crippen molar-refractivity contribution < 1.29 is 4.39 Å². The van der Waals surface area contributed by atoms with Crippen molar-refractivity contribution in [1.29, 1.82) is 0 Å². The lowest BCUT2D eigenvalue weighted by Crippen LogP contribution is -2.40. The first-order valence-electron chi connectivity index (χ1n) is 4.66. The van der Waals surface area contributed by atoms with Crippen molar-refractivity contribution in [1.82, 2.24) is 0 Å². The van der Waals surface area contributed by atoms with Crippen LogP contribution in [0.3, 0.4) is 0 Å². The molecule has 5 heteroatoms. The maximum atomic E-state index is 13.4. The van der Waals surface area contributed by atoms with Crippen LogP contribution in [0.15, 0.2) is 22.7 Å². The molecular formula is C10H15BrFN3. The highest BCUT2D eigenvalue weighted by Crippen LogP contribution is 2.22. The Bertz CT molecular complexity index is 332. The molecule has 0 aliphatic carbocycles. The quantitative estimate of drug-likeness (QED) is 0.871. The van der Waals surface area contributed by atoms with E-state index in [0.29, 0.717) is 18.8 Å². The summed E-state index contributed by atoms with van der Waals surface area (Å²) in [6, 6.07) is 4.66. The zero-order valence-corrected chi connectivity index (χ0v) is 10.2. The smallest absolute Gasteiger partial charge is 0.146 e. The Kier molecular flexibility index (Phi) is 4.50. The van der Waals surface area contributed by atoms with Crippen molar-refractivity contribution in [3.8, 4) is 0 Å². The van der Waals surface area contributed by atoms with Crippen LogP contribution in [0.4, 0.5) is 10.1 Å². The molecule has 1 aromatic rings. The summed E-state index contributed by atoms with van der Waals surface area (Å²) in [5, 5.41) is 0. The van der Waals surface area contributed by atoms with Gasteiger partial charge in [-0.1, -0.05) is 15.9 Å². The highest BCUT2D eigenvalue weighted by atomic mass is 79.9. The zero-order chi connectivity index (χ0) is 11.4. The lowest BCUT2D eigenvalue weighted by Gasteiger charge is -2.23. The van der Waals surface area contributed by atoms with E-state index in [1.165, 1.54) is 6.07 Å². The SMILES string of the molecule is CN(CC(N)CN)c1cc(Br)ccc1F. The van der Waals surface area contributed by atoms with E-state index in [9.17, 15) is 4.39 Å². The van der Waals surface area contributed by atoms with Gasteiger partial charge in [0.05, 0.1) is 5.69 Å². The molecule has 0 fully saturated rings. The summed E-state index contributed by atoms with van der Waals surface area (Å²) in [4.78, 5) is 1.76. The van der Waals surface area contributed by atoms with Gasteiger partial charge < -0.3 is 16.4 Å². The van der Waals surface area contributed by atoms with Crippen LogP contribution in [0.5, 0.6) is 0 Å². The first-order valence-corrected chi connectivity index (χ1v) is 5.45. The van der Waals surface area contributed by atoms with Crippen molar-refractivity contribution in [3.63, 3.8) is 0 Å². The second-order valence-corrected chi connectivity index (χ2v) is 4.39. The Hall–Kier alpha value is -0.650. The van der Waals surface area contributed by atoms with Crippen molar-refractivity contribution in [2.24, 2.45) is 11.5 Å². The lowest BCUT2D eigenvalue weighted by molar-refractivity contribution is 0.610. The topological polar surface area (TPSA) is 55.3 Å². The van der Waals surface area contributed by atoms with Crippen LogP contribution in [0.2, 0.25) is 0 Å². The first-order chi connectivity index (χ1) is 7.04. The molecule has 4 N–H and O–H groups in total. The molecule has 1 aromatic carbocycles. The molecule has 1 atom stereocenters. The summed E-state index contributed by atoms with van der Waals surface area (Å²) in [7, 11) is 1.79. The number of likely N-dealkylation sites (N-methyl/N-ethyl adjacent to an activating group) is 1. The van der Waals surface area contributed by atoms with E-state index >= 15 is 0 Å². The van der Waals surface area contributed by atoms with Crippen LogP contribution in [-0.2, 0) is 0 Å². The molecule has 0 bridgehead atoms. The van der Waals surface area contributed by atoms with E-state index in [4.69, 9.17) is 11.5 Å². The molecule has 0 saturated carbocycles. The van der Waals surface area contributed by atoms with E-state index in [1.807, 2.05) is 0 Å². The van der Waals surface area contributed by atoms with Gasteiger partial charge in [0, 0.05) is 30.7 Å². The summed E-state index contributed by atoms with van der Waals surface area (Å²) in [5.41, 5.74) is 11.6. The van der Waals surface area contributed by atoms with Gasteiger partial charge in [0.1, 0.15) is 5.82 Å². The van der Waals surface area contributed by atoms with E-state index in [-0.39, 0.29) is 11.9 Å². The second-order valence-electron chi connectivity index (χ2n) is 3.47. The summed E-state index contributed by atoms with van der Waals surface area (Å²) in [6.07, 6.45) is 0. The van der Waals surface area contributed by atoms with Crippen molar-refractivity contribution >= 4 is 21.6 Å². The fourth-order valence-corrected chi connectivity index (χ4v) is 1.65. The lowest BCUT2D eigenvalue weighted by atomic mass is 10.2. The third-order valence-corrected chi connectivity index (χ3v) is 2.62. The summed E-state index contributed by atoms with van der Waals surface area (Å²) in [5.74, 6) is -0.259. The summed E-state index contributed by atoms with van der Waals surface area (Å²) >= 11 is 3.30. The third kappa shape index (κ3) is 3.44. The Morgan fingerprint density at radius 3 is 2.80 bits per heavy atom. The molecule has 0 aromatic heterocycles. The van der Waals surface area contributed by atoms with Crippen LogP contribution in [0.25, 0.3) is 0 Å². The maximum Gasteiger partial charge on any atom is 0.146 e. The molecule has 0 spiro atoms. The number of nitrogens with zero attached hydrogens (tertiary/aromatic N) is 1. The number of hydrogen-bond donors (Lipinski definition) is 2. The molecule has 1 rings (SSSR count). The number of hydrogen-bond acceptors (Lipinski definition) is 3. The standard InChI is InChI=1S/C10H15BrFN3/c1-15(6-8(14)5-13)10-4-7(11)2-3-9(10)12/h2-4,8H,5-6,13-14H2,1H3. The zero-order valence-electron chi connectivity index (χ0n) is 8.58. The van der Waals surface area contributed by atoms with Crippen LogP contribution in [-0.4, -0.2) is 26.2 Å². The minimum absolute atomic E-state index is 0.145. The number of halogens is 2. The van der Waals surface area contributed by atoms with E-state index in [0.717, 1.165) is 4.47 Å². The number of anilines is 1. The van der Waals surface area contributed by atoms with Crippen LogP contribution >= 0.6 is 15.9 Å². The monoisotopic (exact) mass is 275 g/mol. The van der Waals surface area contributed by atoms with Gasteiger partial charge in [-0.15, -0.1) is 0 Å². The van der Waals surface area contributed by atoms with Gasteiger partial charge in [0.15, 0.2) is 0 Å². The van der Waals surface area contributed by atoms with E-state index in [2.05, 4.69) is 15.9 Å². The maximum absolute atomic E-state index is 13.4. The minimum atomic E-state index is -0.259. The van der Waals surface area contributed by atoms with Crippen molar-refractivity contribution in [2.75, 3.05) is 25.0 Å². The Morgan fingerprint density at radius 1 is 1.53 bits per heavy atom. The molecular weight excluding hydrogens is 261 g/mol. The minimum Gasteiger partial charge on any atom is -0.371 e. The second kappa shape index (κ2) is 5.44. The molecule has 0 radical (unpaired) electrons. The van der Waals surface area contributed by atoms with Crippen molar-refractivity contribution in [2.45, 2.75) is 6.04 Å².